The highest BCUT2D eigenvalue weighted by molar-refractivity contribution is 7.89. The Morgan fingerprint density at radius 3 is 2.64 bits per heavy atom. The summed E-state index contributed by atoms with van der Waals surface area (Å²) in [6.07, 6.45) is 2.03. The van der Waals surface area contributed by atoms with Crippen LogP contribution in [0.3, 0.4) is 0 Å². The van der Waals surface area contributed by atoms with E-state index in [2.05, 4.69) is 10.3 Å². The number of ether oxygens (including phenoxy) is 1. The Hall–Kier alpha value is -2.30. The Balaban J connectivity index is 1.81. The van der Waals surface area contributed by atoms with Crippen molar-refractivity contribution in [1.82, 2.24) is 19.5 Å². The first-order valence-corrected chi connectivity index (χ1v) is 13.2. The number of piperidine rings is 1. The lowest BCUT2D eigenvalue weighted by molar-refractivity contribution is 0.0802. The van der Waals surface area contributed by atoms with E-state index in [9.17, 15) is 18.3 Å². The van der Waals surface area contributed by atoms with Gasteiger partial charge in [0.05, 0.1) is 25.5 Å². The molecule has 182 valence electrons. The highest BCUT2D eigenvalue weighted by atomic mass is 32.2. The third kappa shape index (κ3) is 4.08. The number of carbonyl (C=O) groups excluding carboxylic acids is 1. The molecule has 4 rings (SSSR count). The Kier molecular flexibility index (Phi) is 6.61. The van der Waals surface area contributed by atoms with Gasteiger partial charge in [0.1, 0.15) is 5.75 Å². The zero-order valence-electron chi connectivity index (χ0n) is 19.6. The average molecular weight is 479 g/mol. The lowest BCUT2D eigenvalue weighted by atomic mass is 9.68. The normalized spacial score (nSPS) is 20.7. The summed E-state index contributed by atoms with van der Waals surface area (Å²) in [5.41, 5.74) is 2.39. The van der Waals surface area contributed by atoms with Gasteiger partial charge in [0.25, 0.3) is 0 Å². The molecule has 2 aliphatic rings. The van der Waals surface area contributed by atoms with Crippen LogP contribution in [0.5, 0.6) is 5.75 Å². The molecule has 0 radical (unpaired) electrons. The van der Waals surface area contributed by atoms with Crippen LogP contribution >= 0.6 is 0 Å². The molecular formula is C23H34N4O5S. The maximum absolute atomic E-state index is 13.1. The second-order valence-electron chi connectivity index (χ2n) is 8.96. The van der Waals surface area contributed by atoms with Crippen molar-refractivity contribution in [2.75, 3.05) is 45.6 Å². The van der Waals surface area contributed by atoms with Gasteiger partial charge in [-0.3, -0.25) is 0 Å². The van der Waals surface area contributed by atoms with E-state index in [0.717, 1.165) is 34.3 Å². The number of aromatic amines is 1. The molecule has 1 spiro atoms. The van der Waals surface area contributed by atoms with Gasteiger partial charge in [-0.15, -0.1) is 0 Å². The molecule has 3 N–H and O–H groups in total. The SMILES string of the molecule is CCCNC(=O)N1CC2(CCN(S(=O)(=O)CC)CC2)c2c([nH]c3cc(OC)ccc23)[C@@H]1CO. The molecule has 1 aromatic heterocycles. The monoisotopic (exact) mass is 478 g/mol. The Morgan fingerprint density at radius 1 is 1.30 bits per heavy atom. The maximum atomic E-state index is 13.1. The molecule has 9 nitrogen and oxygen atoms in total. The molecular weight excluding hydrogens is 444 g/mol. The van der Waals surface area contributed by atoms with E-state index in [-0.39, 0.29) is 18.4 Å². The summed E-state index contributed by atoms with van der Waals surface area (Å²) in [5, 5.41) is 14.3. The van der Waals surface area contributed by atoms with Crippen LogP contribution in [-0.4, -0.2) is 79.4 Å². The number of urea groups is 1. The number of methoxy groups -OCH3 is 1. The predicted molar refractivity (Wildman–Crippen MR) is 127 cm³/mol. The molecule has 33 heavy (non-hydrogen) atoms. The van der Waals surface area contributed by atoms with Crippen LogP contribution in [0.15, 0.2) is 18.2 Å². The Bertz CT molecular complexity index is 1120. The highest BCUT2D eigenvalue weighted by Gasteiger charge is 2.49. The second kappa shape index (κ2) is 9.15. The number of nitrogens with zero attached hydrogens (tertiary/aromatic N) is 2. The fourth-order valence-electron chi connectivity index (χ4n) is 5.34. The van der Waals surface area contributed by atoms with Crippen LogP contribution in [0.25, 0.3) is 10.9 Å². The van der Waals surface area contributed by atoms with E-state index in [1.807, 2.05) is 25.1 Å². The van der Waals surface area contributed by atoms with Crippen LogP contribution in [0.1, 0.15) is 50.4 Å². The lowest BCUT2D eigenvalue weighted by Gasteiger charge is -2.49. The molecule has 0 unspecified atom stereocenters. The number of H-pyrrole nitrogens is 1. The second-order valence-corrected chi connectivity index (χ2v) is 11.2. The molecule has 10 heteroatoms. The van der Waals surface area contributed by atoms with Gasteiger partial charge in [0.2, 0.25) is 10.0 Å². The summed E-state index contributed by atoms with van der Waals surface area (Å²) in [4.78, 5) is 18.3. The van der Waals surface area contributed by atoms with Crippen molar-refractivity contribution in [3.63, 3.8) is 0 Å². The summed E-state index contributed by atoms with van der Waals surface area (Å²) in [6, 6.07) is 5.14. The van der Waals surface area contributed by atoms with Crippen molar-refractivity contribution in [1.29, 1.82) is 0 Å². The average Bonchev–Trinajstić information content (AvgIpc) is 3.22. The number of nitrogens with one attached hydrogen (secondary N) is 2. The zero-order chi connectivity index (χ0) is 23.8. The van der Waals surface area contributed by atoms with Gasteiger partial charge in [-0.2, -0.15) is 0 Å². The molecule has 1 aromatic carbocycles. The molecule has 0 saturated carbocycles. The molecule has 0 aliphatic carbocycles. The maximum Gasteiger partial charge on any atom is 0.318 e. The van der Waals surface area contributed by atoms with E-state index < -0.39 is 21.5 Å². The first-order valence-electron chi connectivity index (χ1n) is 11.6. The van der Waals surface area contributed by atoms with E-state index in [1.165, 1.54) is 0 Å². The van der Waals surface area contributed by atoms with E-state index >= 15 is 0 Å². The van der Waals surface area contributed by atoms with Gasteiger partial charge >= 0.3 is 6.03 Å². The number of amides is 2. The number of aliphatic hydroxyl groups is 1. The van der Waals surface area contributed by atoms with Gasteiger partial charge in [-0.1, -0.05) is 6.92 Å². The molecule has 2 amide bonds. The lowest BCUT2D eigenvalue weighted by Crippen LogP contribution is -2.57. The highest BCUT2D eigenvalue weighted by Crippen LogP contribution is 2.49. The molecule has 2 aromatic rings. The minimum absolute atomic E-state index is 0.0796. The number of sulfonamides is 1. The van der Waals surface area contributed by atoms with Crippen LogP contribution < -0.4 is 10.1 Å². The standard InChI is InChI=1S/C23H34N4O5S/c1-4-10-24-22(29)27-15-23(8-11-26(12-9-23)33(30,31)5-2)20-17-7-6-16(32-3)13-18(17)25-21(20)19(27)14-28/h6-7,13,19,25,28H,4-5,8-12,14-15H2,1-3H3,(H,24,29)/t19-/m0/s1. The van der Waals surface area contributed by atoms with Crippen molar-refractivity contribution >= 4 is 27.0 Å². The number of hydrogen-bond donors (Lipinski definition) is 3. The largest absolute Gasteiger partial charge is 0.497 e. The summed E-state index contributed by atoms with van der Waals surface area (Å²) >= 11 is 0. The zero-order valence-corrected chi connectivity index (χ0v) is 20.4. The quantitative estimate of drug-likeness (QED) is 0.590. The first-order chi connectivity index (χ1) is 15.8. The van der Waals surface area contributed by atoms with Crippen LogP contribution in [0.4, 0.5) is 4.79 Å². The number of rotatable bonds is 6. The third-order valence-corrected chi connectivity index (χ3v) is 9.03. The molecule has 1 saturated heterocycles. The molecule has 3 heterocycles. The fourth-order valence-corrected chi connectivity index (χ4v) is 6.44. The van der Waals surface area contributed by atoms with Gasteiger partial charge in [0, 0.05) is 54.3 Å². The van der Waals surface area contributed by atoms with E-state index in [1.54, 1.807) is 23.2 Å². The Morgan fingerprint density at radius 2 is 2.03 bits per heavy atom. The predicted octanol–water partition coefficient (Wildman–Crippen LogP) is 2.33. The number of aliphatic hydroxyl groups excluding tert-OH is 1. The van der Waals surface area contributed by atoms with Gasteiger partial charge in [-0.25, -0.2) is 17.5 Å². The summed E-state index contributed by atoms with van der Waals surface area (Å²) < 4.78 is 31.9. The van der Waals surface area contributed by atoms with E-state index in [4.69, 9.17) is 4.74 Å². The van der Waals surface area contributed by atoms with Crippen molar-refractivity contribution in [3.05, 3.63) is 29.5 Å². The number of benzene rings is 1. The van der Waals surface area contributed by atoms with Crippen molar-refractivity contribution < 1.29 is 23.1 Å². The summed E-state index contributed by atoms with van der Waals surface area (Å²) in [7, 11) is -1.66. The van der Waals surface area contributed by atoms with Gasteiger partial charge in [-0.05, 0) is 43.9 Å². The van der Waals surface area contributed by atoms with Crippen LogP contribution in [0, 0.1) is 0 Å². The van der Waals surface area contributed by atoms with Crippen molar-refractivity contribution in [2.24, 2.45) is 0 Å². The third-order valence-electron chi connectivity index (χ3n) is 7.15. The molecule has 1 fully saturated rings. The van der Waals surface area contributed by atoms with Crippen molar-refractivity contribution in [3.8, 4) is 5.75 Å². The molecule has 2 aliphatic heterocycles. The van der Waals surface area contributed by atoms with Gasteiger partial charge < -0.3 is 25.0 Å². The fraction of sp³-hybridized carbons (Fsp3) is 0.609. The van der Waals surface area contributed by atoms with Gasteiger partial charge in [0.15, 0.2) is 0 Å². The topological polar surface area (TPSA) is 115 Å². The minimum Gasteiger partial charge on any atom is -0.497 e. The number of carbonyl (C=O) groups is 1. The van der Waals surface area contributed by atoms with E-state index in [0.29, 0.717) is 39.0 Å². The summed E-state index contributed by atoms with van der Waals surface area (Å²) in [6.45, 7) is 5.26. The number of fused-ring (bicyclic) bond motifs is 4. The Labute approximate surface area is 195 Å². The molecule has 0 bridgehead atoms. The van der Waals surface area contributed by atoms with Crippen LogP contribution in [0.2, 0.25) is 0 Å². The smallest absolute Gasteiger partial charge is 0.318 e. The minimum atomic E-state index is -3.27. The van der Waals surface area contributed by atoms with Crippen LogP contribution in [-0.2, 0) is 15.4 Å². The number of hydrogen-bond acceptors (Lipinski definition) is 5. The first kappa shape index (κ1) is 23.8. The summed E-state index contributed by atoms with van der Waals surface area (Å²) in [5.74, 6) is 0.799. The number of aromatic nitrogens is 1. The molecule has 1 atom stereocenters. The van der Waals surface area contributed by atoms with Crippen molar-refractivity contribution in [2.45, 2.75) is 44.6 Å².